The number of hydrogen-bond acceptors (Lipinski definition) is 4. The number of ketones is 1. The molecule has 4 nitrogen and oxygen atoms in total. The summed E-state index contributed by atoms with van der Waals surface area (Å²) >= 11 is 0.367. The highest BCUT2D eigenvalue weighted by atomic mass is 32.2. The Bertz CT molecular complexity index is 751. The van der Waals surface area contributed by atoms with Gasteiger partial charge in [-0.2, -0.15) is 8.78 Å². The van der Waals surface area contributed by atoms with Crippen LogP contribution in [-0.4, -0.2) is 24.1 Å². The molecule has 0 aliphatic heterocycles. The number of nitrogens with one attached hydrogen (secondary N) is 1. The van der Waals surface area contributed by atoms with Crippen molar-refractivity contribution in [3.8, 4) is 5.75 Å². The van der Waals surface area contributed by atoms with E-state index in [1.807, 2.05) is 6.92 Å². The first kappa shape index (κ1) is 19.9. The number of thioether (sulfide) groups is 1. The van der Waals surface area contributed by atoms with Gasteiger partial charge in [-0.1, -0.05) is 23.9 Å². The molecule has 0 saturated heterocycles. The minimum atomic E-state index is -2.57. The number of rotatable bonds is 9. The highest BCUT2D eigenvalue weighted by Crippen LogP contribution is 2.31. The molecule has 0 bridgehead atoms. The van der Waals surface area contributed by atoms with E-state index in [2.05, 4.69) is 5.32 Å². The Kier molecular flexibility index (Phi) is 7.59. The molecule has 7 heteroatoms. The van der Waals surface area contributed by atoms with E-state index in [0.29, 0.717) is 35.4 Å². The number of halogens is 2. The van der Waals surface area contributed by atoms with Crippen LogP contribution in [0.2, 0.25) is 0 Å². The summed E-state index contributed by atoms with van der Waals surface area (Å²) < 4.78 is 30.4. The molecule has 1 N–H and O–H groups in total. The highest BCUT2D eigenvalue weighted by Gasteiger charge is 2.13. The van der Waals surface area contributed by atoms with Gasteiger partial charge in [0, 0.05) is 23.3 Å². The number of Topliss-reactive ketones (excluding diaryl/α,β-unsaturated/α-hetero) is 1. The van der Waals surface area contributed by atoms with E-state index in [9.17, 15) is 18.4 Å². The summed E-state index contributed by atoms with van der Waals surface area (Å²) in [6, 6.07) is 13.0. The van der Waals surface area contributed by atoms with Gasteiger partial charge in [0.05, 0.1) is 12.3 Å². The maximum Gasteiger partial charge on any atom is 0.288 e. The van der Waals surface area contributed by atoms with E-state index in [0.717, 1.165) is 0 Å². The molecule has 0 aliphatic carbocycles. The van der Waals surface area contributed by atoms with Crippen molar-refractivity contribution >= 4 is 29.1 Å². The smallest absolute Gasteiger partial charge is 0.288 e. The van der Waals surface area contributed by atoms with Crippen LogP contribution in [0.4, 0.5) is 14.5 Å². The summed E-state index contributed by atoms with van der Waals surface area (Å²) in [5.74, 6) is -2.46. The Labute approximate surface area is 154 Å². The normalized spacial score (nSPS) is 10.6. The van der Waals surface area contributed by atoms with Gasteiger partial charge >= 0.3 is 0 Å². The standard InChI is InChI=1S/C19H19F2NO3S/c1-2-25-14-9-7-13(8-10-14)16(23)11-12-18(24)22-15-5-3-4-6-17(15)26-19(20)21/h3-10,19H,2,11-12H2,1H3,(H,22,24). The molecule has 0 aromatic heterocycles. The summed E-state index contributed by atoms with van der Waals surface area (Å²) in [7, 11) is 0. The lowest BCUT2D eigenvalue weighted by atomic mass is 10.1. The SMILES string of the molecule is CCOc1ccc(C(=O)CCC(=O)Nc2ccccc2SC(F)F)cc1. The van der Waals surface area contributed by atoms with Crippen molar-refractivity contribution in [1.82, 2.24) is 0 Å². The largest absolute Gasteiger partial charge is 0.494 e. The summed E-state index contributed by atoms with van der Waals surface area (Å²) in [6.07, 6.45) is 0.00367. The summed E-state index contributed by atoms with van der Waals surface area (Å²) in [6.45, 7) is 2.41. The lowest BCUT2D eigenvalue weighted by Crippen LogP contribution is -2.14. The van der Waals surface area contributed by atoms with Crippen LogP contribution in [0.25, 0.3) is 0 Å². The molecular formula is C19H19F2NO3S. The predicted octanol–water partition coefficient (Wildman–Crippen LogP) is 5.00. The number of carbonyl (C=O) groups excluding carboxylic acids is 2. The van der Waals surface area contributed by atoms with Crippen LogP contribution in [0.1, 0.15) is 30.1 Å². The number of para-hydroxylation sites is 1. The van der Waals surface area contributed by atoms with Crippen molar-refractivity contribution in [2.24, 2.45) is 0 Å². The Morgan fingerprint density at radius 3 is 2.42 bits per heavy atom. The van der Waals surface area contributed by atoms with E-state index in [1.54, 1.807) is 42.5 Å². The molecule has 2 aromatic rings. The number of amides is 1. The average Bonchev–Trinajstić information content (AvgIpc) is 2.62. The molecule has 0 fully saturated rings. The first-order valence-corrected chi connectivity index (χ1v) is 8.97. The van der Waals surface area contributed by atoms with Gasteiger partial charge in [-0.3, -0.25) is 9.59 Å². The van der Waals surface area contributed by atoms with Gasteiger partial charge in [0.2, 0.25) is 5.91 Å². The third-order valence-electron chi connectivity index (χ3n) is 3.44. The van der Waals surface area contributed by atoms with Gasteiger partial charge in [-0.25, -0.2) is 0 Å². The first-order chi connectivity index (χ1) is 12.5. The third-order valence-corrected chi connectivity index (χ3v) is 4.23. The topological polar surface area (TPSA) is 55.4 Å². The van der Waals surface area contributed by atoms with Gasteiger partial charge < -0.3 is 10.1 Å². The first-order valence-electron chi connectivity index (χ1n) is 8.09. The monoisotopic (exact) mass is 379 g/mol. The maximum atomic E-state index is 12.6. The molecule has 0 radical (unpaired) electrons. The van der Waals surface area contributed by atoms with E-state index in [4.69, 9.17) is 4.74 Å². The number of benzene rings is 2. The lowest BCUT2D eigenvalue weighted by Gasteiger charge is -2.10. The number of carbonyl (C=O) groups is 2. The zero-order valence-corrected chi connectivity index (χ0v) is 15.0. The Hall–Kier alpha value is -2.41. The predicted molar refractivity (Wildman–Crippen MR) is 98.1 cm³/mol. The molecule has 0 atom stereocenters. The van der Waals surface area contributed by atoms with E-state index in [1.165, 1.54) is 6.07 Å². The van der Waals surface area contributed by atoms with E-state index in [-0.39, 0.29) is 23.5 Å². The van der Waals surface area contributed by atoms with Crippen molar-refractivity contribution in [2.75, 3.05) is 11.9 Å². The zero-order valence-electron chi connectivity index (χ0n) is 14.2. The van der Waals surface area contributed by atoms with Crippen molar-refractivity contribution in [1.29, 1.82) is 0 Å². The van der Waals surface area contributed by atoms with Crippen molar-refractivity contribution < 1.29 is 23.1 Å². The van der Waals surface area contributed by atoms with Gasteiger partial charge in [0.1, 0.15) is 5.75 Å². The van der Waals surface area contributed by atoms with Crippen LogP contribution < -0.4 is 10.1 Å². The Morgan fingerprint density at radius 2 is 1.77 bits per heavy atom. The van der Waals surface area contributed by atoms with E-state index < -0.39 is 11.7 Å². The van der Waals surface area contributed by atoms with Gasteiger partial charge in [0.15, 0.2) is 5.78 Å². The van der Waals surface area contributed by atoms with Gasteiger partial charge in [-0.15, -0.1) is 0 Å². The van der Waals surface area contributed by atoms with Crippen LogP contribution in [0, 0.1) is 0 Å². The number of ether oxygens (including phenoxy) is 1. The molecule has 26 heavy (non-hydrogen) atoms. The second-order valence-corrected chi connectivity index (χ2v) is 6.34. The molecule has 0 unspecified atom stereocenters. The van der Waals surface area contributed by atoms with E-state index >= 15 is 0 Å². The minimum Gasteiger partial charge on any atom is -0.494 e. The van der Waals surface area contributed by atoms with Crippen LogP contribution in [0.5, 0.6) is 5.75 Å². The Morgan fingerprint density at radius 1 is 1.08 bits per heavy atom. The lowest BCUT2D eigenvalue weighted by molar-refractivity contribution is -0.116. The zero-order chi connectivity index (χ0) is 18.9. The average molecular weight is 379 g/mol. The fourth-order valence-corrected chi connectivity index (χ4v) is 2.85. The molecule has 0 saturated carbocycles. The molecule has 0 spiro atoms. The van der Waals surface area contributed by atoms with Crippen LogP contribution >= 0.6 is 11.8 Å². The number of anilines is 1. The quantitative estimate of drug-likeness (QED) is 0.492. The van der Waals surface area contributed by atoms with Gasteiger partial charge in [-0.05, 0) is 43.3 Å². The number of hydrogen-bond donors (Lipinski definition) is 1. The van der Waals surface area contributed by atoms with Crippen LogP contribution in [0.15, 0.2) is 53.4 Å². The molecule has 0 heterocycles. The fourth-order valence-electron chi connectivity index (χ4n) is 2.26. The van der Waals surface area contributed by atoms with Crippen LogP contribution in [0.3, 0.4) is 0 Å². The third kappa shape index (κ3) is 6.15. The maximum absolute atomic E-state index is 12.6. The second-order valence-electron chi connectivity index (χ2n) is 5.30. The highest BCUT2D eigenvalue weighted by molar-refractivity contribution is 7.99. The van der Waals surface area contributed by atoms with Crippen molar-refractivity contribution in [2.45, 2.75) is 30.4 Å². The summed E-state index contributed by atoms with van der Waals surface area (Å²) in [5, 5.41) is 2.58. The van der Waals surface area contributed by atoms with Crippen molar-refractivity contribution in [3.63, 3.8) is 0 Å². The molecular weight excluding hydrogens is 360 g/mol. The Balaban J connectivity index is 1.89. The molecule has 0 aliphatic rings. The van der Waals surface area contributed by atoms with Gasteiger partial charge in [0.25, 0.3) is 5.76 Å². The summed E-state index contributed by atoms with van der Waals surface area (Å²) in [5.41, 5.74) is 0.811. The molecule has 1 amide bonds. The molecule has 2 rings (SSSR count). The minimum absolute atomic E-state index is 0.0281. The van der Waals surface area contributed by atoms with Crippen LogP contribution in [-0.2, 0) is 4.79 Å². The molecule has 138 valence electrons. The fraction of sp³-hybridized carbons (Fsp3) is 0.263. The van der Waals surface area contributed by atoms with Crippen molar-refractivity contribution in [3.05, 3.63) is 54.1 Å². The molecule has 2 aromatic carbocycles. The number of alkyl halides is 2. The second kappa shape index (κ2) is 9.91. The summed E-state index contributed by atoms with van der Waals surface area (Å²) in [4.78, 5) is 24.5.